The Kier molecular flexibility index (Phi) is 4.24. The topological polar surface area (TPSA) is 85.2 Å². The van der Waals surface area contributed by atoms with Crippen molar-refractivity contribution < 1.29 is 14.3 Å². The van der Waals surface area contributed by atoms with Crippen molar-refractivity contribution in [3.63, 3.8) is 0 Å². The Morgan fingerprint density at radius 2 is 1.75 bits per heavy atom. The smallest absolute Gasteiger partial charge is 0.248 e. The van der Waals surface area contributed by atoms with Gasteiger partial charge in [-0.3, -0.25) is 14.3 Å². The summed E-state index contributed by atoms with van der Waals surface area (Å²) >= 11 is 0. The van der Waals surface area contributed by atoms with E-state index in [-0.39, 0.29) is 11.8 Å². The number of nitrogens with one attached hydrogen (secondary N) is 2. The van der Waals surface area contributed by atoms with Gasteiger partial charge in [0.2, 0.25) is 11.8 Å². The largest absolute Gasteiger partial charge is 0.494 e. The van der Waals surface area contributed by atoms with Gasteiger partial charge >= 0.3 is 0 Å². The molecule has 3 rings (SSSR count). The van der Waals surface area contributed by atoms with Gasteiger partial charge in [-0.15, -0.1) is 0 Å². The lowest BCUT2D eigenvalue weighted by Gasteiger charge is -2.29. The highest BCUT2D eigenvalue weighted by Crippen LogP contribution is 2.25. The van der Waals surface area contributed by atoms with Gasteiger partial charge in [0.1, 0.15) is 17.8 Å². The normalized spacial score (nSPS) is 20.5. The predicted octanol–water partition coefficient (Wildman–Crippen LogP) is 1.16. The fraction of sp³-hybridized carbons (Fsp3) is 0.353. The maximum atomic E-state index is 12.5. The van der Waals surface area contributed by atoms with Crippen LogP contribution in [0, 0.1) is 6.92 Å². The van der Waals surface area contributed by atoms with Crippen LogP contribution in [0.25, 0.3) is 0 Å². The van der Waals surface area contributed by atoms with Crippen LogP contribution in [-0.4, -0.2) is 28.2 Å². The summed E-state index contributed by atoms with van der Waals surface area (Å²) in [7, 11) is 1.80. The van der Waals surface area contributed by atoms with Gasteiger partial charge in [0.15, 0.2) is 0 Å². The zero-order chi connectivity index (χ0) is 17.3. The van der Waals surface area contributed by atoms with Crippen LogP contribution in [0.1, 0.15) is 35.8 Å². The number of ether oxygens (including phenoxy) is 1. The summed E-state index contributed by atoms with van der Waals surface area (Å²) in [4.78, 5) is 24.9. The predicted molar refractivity (Wildman–Crippen MR) is 87.3 cm³/mol. The van der Waals surface area contributed by atoms with E-state index in [1.165, 1.54) is 0 Å². The van der Waals surface area contributed by atoms with E-state index >= 15 is 0 Å². The second kappa shape index (κ2) is 6.35. The molecule has 2 aromatic rings. The minimum absolute atomic E-state index is 0.244. The third-order valence-electron chi connectivity index (χ3n) is 4.21. The zero-order valence-corrected chi connectivity index (χ0v) is 13.9. The number of nitrogens with zero attached hydrogens (tertiary/aromatic N) is 2. The summed E-state index contributed by atoms with van der Waals surface area (Å²) in [5.41, 5.74) is 2.26. The average Bonchev–Trinajstić information content (AvgIpc) is 2.90. The highest BCUT2D eigenvalue weighted by atomic mass is 16.5. The lowest BCUT2D eigenvalue weighted by molar-refractivity contribution is -0.137. The van der Waals surface area contributed by atoms with Crippen LogP contribution in [0.5, 0.6) is 5.75 Å². The molecule has 0 bridgehead atoms. The summed E-state index contributed by atoms with van der Waals surface area (Å²) in [6.07, 6.45) is 1.61. The van der Waals surface area contributed by atoms with Gasteiger partial charge in [0.05, 0.1) is 12.8 Å². The third-order valence-corrected chi connectivity index (χ3v) is 4.21. The van der Waals surface area contributed by atoms with Gasteiger partial charge in [-0.25, -0.2) is 0 Å². The van der Waals surface area contributed by atoms with Crippen molar-refractivity contribution in [2.45, 2.75) is 25.9 Å². The van der Waals surface area contributed by atoms with Crippen LogP contribution >= 0.6 is 0 Å². The van der Waals surface area contributed by atoms with E-state index in [1.807, 2.05) is 13.8 Å². The molecule has 1 aliphatic heterocycles. The van der Waals surface area contributed by atoms with Crippen molar-refractivity contribution in [1.29, 1.82) is 0 Å². The number of hydrogen-bond acceptors (Lipinski definition) is 4. The summed E-state index contributed by atoms with van der Waals surface area (Å²) in [5, 5.41) is 9.71. The third kappa shape index (κ3) is 2.84. The molecule has 0 saturated carbocycles. The van der Waals surface area contributed by atoms with Crippen molar-refractivity contribution in [3.8, 4) is 5.75 Å². The minimum Gasteiger partial charge on any atom is -0.494 e. The average molecular weight is 328 g/mol. The van der Waals surface area contributed by atoms with Gasteiger partial charge in [0.25, 0.3) is 0 Å². The van der Waals surface area contributed by atoms with Gasteiger partial charge in [-0.2, -0.15) is 5.10 Å². The number of carbonyl (C=O) groups is 2. The minimum atomic E-state index is -0.717. The van der Waals surface area contributed by atoms with Crippen LogP contribution < -0.4 is 15.4 Å². The fourth-order valence-corrected chi connectivity index (χ4v) is 2.76. The lowest BCUT2D eigenvalue weighted by atomic mass is 9.99. The SMILES string of the molecule is CCOc1ccc(C2NC(=O)C(c3cnn(C)c3C)NC2=O)cc1. The van der Waals surface area contributed by atoms with Crippen LogP contribution in [0.3, 0.4) is 0 Å². The Morgan fingerprint density at radius 3 is 2.33 bits per heavy atom. The molecule has 7 heteroatoms. The van der Waals surface area contributed by atoms with Gasteiger partial charge in [0, 0.05) is 18.3 Å². The molecule has 2 amide bonds. The summed E-state index contributed by atoms with van der Waals surface area (Å²) in [6.45, 7) is 4.34. The number of aryl methyl sites for hydroxylation is 1. The van der Waals surface area contributed by atoms with E-state index in [0.29, 0.717) is 17.7 Å². The molecule has 0 aliphatic carbocycles. The highest BCUT2D eigenvalue weighted by Gasteiger charge is 2.36. The van der Waals surface area contributed by atoms with Crippen molar-refractivity contribution >= 4 is 11.8 Å². The molecule has 2 unspecified atom stereocenters. The quantitative estimate of drug-likeness (QED) is 0.882. The standard InChI is InChI=1S/C17H20N4O3/c1-4-24-12-7-5-11(6-8-12)14-16(22)20-15(17(23)19-14)13-9-18-21(3)10(13)2/h5-9,14-15H,4H2,1-3H3,(H,19,23)(H,20,22). The van der Waals surface area contributed by atoms with E-state index < -0.39 is 12.1 Å². The second-order valence-corrected chi connectivity index (χ2v) is 5.69. The summed E-state index contributed by atoms with van der Waals surface area (Å²) < 4.78 is 7.06. The molecule has 1 aromatic carbocycles. The fourth-order valence-electron chi connectivity index (χ4n) is 2.76. The maximum Gasteiger partial charge on any atom is 0.248 e. The number of rotatable bonds is 4. The first-order valence-electron chi connectivity index (χ1n) is 7.83. The van der Waals surface area contributed by atoms with Crippen LogP contribution in [0.4, 0.5) is 0 Å². The molecule has 7 nitrogen and oxygen atoms in total. The van der Waals surface area contributed by atoms with Gasteiger partial charge < -0.3 is 15.4 Å². The summed E-state index contributed by atoms with van der Waals surface area (Å²) in [5.74, 6) is 0.240. The van der Waals surface area contributed by atoms with E-state index in [0.717, 1.165) is 11.4 Å². The van der Waals surface area contributed by atoms with E-state index in [2.05, 4.69) is 15.7 Å². The van der Waals surface area contributed by atoms with Crippen LogP contribution in [0.2, 0.25) is 0 Å². The van der Waals surface area contributed by atoms with Gasteiger partial charge in [-0.1, -0.05) is 12.1 Å². The molecule has 2 atom stereocenters. The van der Waals surface area contributed by atoms with E-state index in [9.17, 15) is 9.59 Å². The van der Waals surface area contributed by atoms with Crippen molar-refractivity contribution in [2.24, 2.45) is 7.05 Å². The Hall–Kier alpha value is -2.83. The molecular formula is C17H20N4O3. The molecule has 2 N–H and O–H groups in total. The lowest BCUT2D eigenvalue weighted by Crippen LogP contribution is -2.53. The Bertz CT molecular complexity index is 767. The number of piperazine rings is 1. The Morgan fingerprint density at radius 1 is 1.12 bits per heavy atom. The monoisotopic (exact) mass is 328 g/mol. The zero-order valence-electron chi connectivity index (χ0n) is 13.9. The van der Waals surface area contributed by atoms with Crippen molar-refractivity contribution in [3.05, 3.63) is 47.3 Å². The molecule has 1 saturated heterocycles. The second-order valence-electron chi connectivity index (χ2n) is 5.69. The molecule has 1 aromatic heterocycles. The van der Waals surface area contributed by atoms with E-state index in [1.54, 1.807) is 42.2 Å². The molecular weight excluding hydrogens is 308 g/mol. The maximum absolute atomic E-state index is 12.5. The van der Waals surface area contributed by atoms with Crippen molar-refractivity contribution in [1.82, 2.24) is 20.4 Å². The number of aromatic nitrogens is 2. The molecule has 126 valence electrons. The molecule has 0 radical (unpaired) electrons. The molecule has 24 heavy (non-hydrogen) atoms. The first-order chi connectivity index (χ1) is 11.5. The highest BCUT2D eigenvalue weighted by molar-refractivity contribution is 5.98. The number of benzene rings is 1. The molecule has 2 heterocycles. The molecule has 1 fully saturated rings. The Balaban J connectivity index is 1.79. The first-order valence-corrected chi connectivity index (χ1v) is 7.83. The van der Waals surface area contributed by atoms with Gasteiger partial charge in [-0.05, 0) is 31.5 Å². The van der Waals surface area contributed by atoms with E-state index in [4.69, 9.17) is 4.74 Å². The van der Waals surface area contributed by atoms with Crippen LogP contribution in [-0.2, 0) is 16.6 Å². The number of carbonyl (C=O) groups excluding carboxylic acids is 2. The number of hydrogen-bond donors (Lipinski definition) is 2. The van der Waals surface area contributed by atoms with Crippen molar-refractivity contribution in [2.75, 3.05) is 6.61 Å². The first kappa shape index (κ1) is 16.0. The molecule has 0 spiro atoms. The Labute approximate surface area is 140 Å². The number of amides is 2. The van der Waals surface area contributed by atoms with Crippen LogP contribution in [0.15, 0.2) is 30.5 Å². The molecule has 1 aliphatic rings. The summed E-state index contributed by atoms with van der Waals surface area (Å²) in [6, 6.07) is 5.72.